The first-order chi connectivity index (χ1) is 8.77. The van der Waals surface area contributed by atoms with Crippen LogP contribution in [0.5, 0.6) is 0 Å². The summed E-state index contributed by atoms with van der Waals surface area (Å²) >= 11 is 0. The summed E-state index contributed by atoms with van der Waals surface area (Å²) in [6.07, 6.45) is 5.11. The molecule has 0 saturated carbocycles. The molecule has 0 aliphatic heterocycles. The third-order valence-electron chi connectivity index (χ3n) is 2.92. The lowest BCUT2D eigenvalue weighted by molar-refractivity contribution is 0.103. The largest absolute Gasteiger partial charge is 0.288 e. The van der Waals surface area contributed by atoms with E-state index < -0.39 is 0 Å². The van der Waals surface area contributed by atoms with Crippen molar-refractivity contribution in [2.45, 2.75) is 6.92 Å². The van der Waals surface area contributed by atoms with Crippen LogP contribution in [-0.2, 0) is 0 Å². The van der Waals surface area contributed by atoms with Crippen molar-refractivity contribution < 1.29 is 4.79 Å². The molecule has 4 nitrogen and oxygen atoms in total. The first-order valence-electron chi connectivity index (χ1n) is 5.66. The van der Waals surface area contributed by atoms with Crippen LogP contribution in [0, 0.1) is 6.92 Å². The number of carbonyl (C=O) groups excluding carboxylic acids is 1. The summed E-state index contributed by atoms with van der Waals surface area (Å²) in [7, 11) is 0. The minimum absolute atomic E-state index is 0.0400. The van der Waals surface area contributed by atoms with E-state index in [-0.39, 0.29) is 5.78 Å². The molecular formula is C14H11N3O. The number of rotatable bonds is 2. The Morgan fingerprint density at radius 3 is 2.89 bits per heavy atom. The first kappa shape index (κ1) is 10.7. The van der Waals surface area contributed by atoms with E-state index in [0.29, 0.717) is 11.1 Å². The molecule has 4 heteroatoms. The highest BCUT2D eigenvalue weighted by molar-refractivity contribution is 6.13. The maximum absolute atomic E-state index is 12.4. The van der Waals surface area contributed by atoms with Gasteiger partial charge in [-0.3, -0.25) is 9.78 Å². The fraction of sp³-hybridized carbons (Fsp3) is 0.0714. The molecule has 3 rings (SSSR count). The van der Waals surface area contributed by atoms with Gasteiger partial charge in [0.2, 0.25) is 0 Å². The van der Waals surface area contributed by atoms with E-state index in [1.807, 2.05) is 31.3 Å². The SMILES string of the molecule is Cc1ncccc1C(=O)c1cnn2ccccc12. The minimum atomic E-state index is -0.0400. The Hall–Kier alpha value is -2.49. The van der Waals surface area contributed by atoms with Gasteiger partial charge in [0.1, 0.15) is 0 Å². The summed E-state index contributed by atoms with van der Waals surface area (Å²) < 4.78 is 1.69. The van der Waals surface area contributed by atoms with Gasteiger partial charge in [0.25, 0.3) is 0 Å². The van der Waals surface area contributed by atoms with Gasteiger partial charge in [-0.25, -0.2) is 4.52 Å². The van der Waals surface area contributed by atoms with Gasteiger partial charge in [-0.15, -0.1) is 0 Å². The van der Waals surface area contributed by atoms with Crippen LogP contribution >= 0.6 is 0 Å². The van der Waals surface area contributed by atoms with Crippen molar-refractivity contribution in [3.8, 4) is 0 Å². The van der Waals surface area contributed by atoms with Crippen LogP contribution in [0.1, 0.15) is 21.6 Å². The molecule has 0 bridgehead atoms. The fourth-order valence-electron chi connectivity index (χ4n) is 1.98. The monoisotopic (exact) mass is 237 g/mol. The van der Waals surface area contributed by atoms with Crippen LogP contribution in [-0.4, -0.2) is 20.4 Å². The zero-order valence-electron chi connectivity index (χ0n) is 9.87. The summed E-state index contributed by atoms with van der Waals surface area (Å²) in [6, 6.07) is 9.21. The van der Waals surface area contributed by atoms with Crippen molar-refractivity contribution in [1.29, 1.82) is 0 Å². The topological polar surface area (TPSA) is 47.3 Å². The summed E-state index contributed by atoms with van der Waals surface area (Å²) in [6.45, 7) is 1.83. The zero-order valence-corrected chi connectivity index (χ0v) is 9.87. The molecule has 0 amide bonds. The van der Waals surface area contributed by atoms with Crippen molar-refractivity contribution in [2.75, 3.05) is 0 Å². The van der Waals surface area contributed by atoms with Crippen molar-refractivity contribution in [3.05, 3.63) is 65.7 Å². The summed E-state index contributed by atoms with van der Waals surface area (Å²) in [5, 5.41) is 4.17. The molecule has 0 fully saturated rings. The number of aryl methyl sites for hydroxylation is 1. The standard InChI is InChI=1S/C14H11N3O/c1-10-11(5-4-7-15-10)14(18)12-9-16-17-8-3-2-6-13(12)17/h2-9H,1H3. The van der Waals surface area contributed by atoms with Crippen molar-refractivity contribution in [1.82, 2.24) is 14.6 Å². The summed E-state index contributed by atoms with van der Waals surface area (Å²) in [4.78, 5) is 16.6. The van der Waals surface area contributed by atoms with Crippen LogP contribution in [0.25, 0.3) is 5.52 Å². The Labute approximate surface area is 104 Å². The zero-order chi connectivity index (χ0) is 12.5. The molecule has 0 aliphatic rings. The van der Waals surface area contributed by atoms with E-state index in [1.54, 1.807) is 29.0 Å². The molecule has 0 aliphatic carbocycles. The number of ketones is 1. The van der Waals surface area contributed by atoms with Crippen LogP contribution in [0.15, 0.2) is 48.9 Å². The lowest BCUT2D eigenvalue weighted by Gasteiger charge is -2.02. The quantitative estimate of drug-likeness (QED) is 0.642. The van der Waals surface area contributed by atoms with Crippen molar-refractivity contribution >= 4 is 11.3 Å². The average Bonchev–Trinajstić information content (AvgIpc) is 2.82. The van der Waals surface area contributed by atoms with Crippen molar-refractivity contribution in [2.24, 2.45) is 0 Å². The van der Waals surface area contributed by atoms with Gasteiger partial charge in [-0.1, -0.05) is 6.07 Å². The van der Waals surface area contributed by atoms with Gasteiger partial charge in [-0.2, -0.15) is 5.10 Å². The van der Waals surface area contributed by atoms with E-state index in [1.165, 1.54) is 0 Å². The second-order valence-corrected chi connectivity index (χ2v) is 4.05. The molecule has 88 valence electrons. The maximum Gasteiger partial charge on any atom is 0.198 e. The molecule has 0 saturated heterocycles. The molecule has 3 aromatic heterocycles. The number of hydrogen-bond donors (Lipinski definition) is 0. The van der Waals surface area contributed by atoms with Gasteiger partial charge in [0.05, 0.1) is 17.3 Å². The molecule has 0 N–H and O–H groups in total. The molecule has 0 aromatic carbocycles. The van der Waals surface area contributed by atoms with Crippen LogP contribution in [0.3, 0.4) is 0 Å². The van der Waals surface area contributed by atoms with Gasteiger partial charge >= 0.3 is 0 Å². The van der Waals surface area contributed by atoms with Crippen LogP contribution in [0.2, 0.25) is 0 Å². The molecule has 0 unspecified atom stereocenters. The normalized spacial score (nSPS) is 10.7. The molecular weight excluding hydrogens is 226 g/mol. The number of pyridine rings is 2. The number of aromatic nitrogens is 3. The lowest BCUT2D eigenvalue weighted by Crippen LogP contribution is -2.04. The van der Waals surface area contributed by atoms with E-state index >= 15 is 0 Å². The van der Waals surface area contributed by atoms with Crippen LogP contribution in [0.4, 0.5) is 0 Å². The Kier molecular flexibility index (Phi) is 2.41. The molecule has 18 heavy (non-hydrogen) atoms. The summed E-state index contributed by atoms with van der Waals surface area (Å²) in [5.74, 6) is -0.0400. The number of hydrogen-bond acceptors (Lipinski definition) is 3. The van der Waals surface area contributed by atoms with Gasteiger partial charge < -0.3 is 0 Å². The lowest BCUT2D eigenvalue weighted by atomic mass is 10.0. The van der Waals surface area contributed by atoms with E-state index in [2.05, 4.69) is 10.1 Å². The van der Waals surface area contributed by atoms with Gasteiger partial charge in [0, 0.05) is 23.7 Å². The maximum atomic E-state index is 12.4. The molecule has 3 heterocycles. The Bertz CT molecular complexity index is 730. The van der Waals surface area contributed by atoms with E-state index in [0.717, 1.165) is 11.2 Å². The smallest absolute Gasteiger partial charge is 0.198 e. The Morgan fingerprint density at radius 2 is 2.06 bits per heavy atom. The first-order valence-corrected chi connectivity index (χ1v) is 5.66. The third-order valence-corrected chi connectivity index (χ3v) is 2.92. The number of nitrogens with zero attached hydrogens (tertiary/aromatic N) is 3. The van der Waals surface area contributed by atoms with Gasteiger partial charge in [0.15, 0.2) is 5.78 Å². The predicted octanol–water partition coefficient (Wildman–Crippen LogP) is 2.27. The molecule has 0 spiro atoms. The predicted molar refractivity (Wildman–Crippen MR) is 67.6 cm³/mol. The number of carbonyl (C=O) groups is 1. The van der Waals surface area contributed by atoms with Gasteiger partial charge in [-0.05, 0) is 31.2 Å². The minimum Gasteiger partial charge on any atom is -0.288 e. The van der Waals surface area contributed by atoms with E-state index in [4.69, 9.17) is 0 Å². The van der Waals surface area contributed by atoms with Crippen LogP contribution < -0.4 is 0 Å². The Balaban J connectivity index is 2.16. The molecule has 0 radical (unpaired) electrons. The highest BCUT2D eigenvalue weighted by atomic mass is 16.1. The highest BCUT2D eigenvalue weighted by Crippen LogP contribution is 2.16. The molecule has 0 atom stereocenters. The third kappa shape index (κ3) is 1.59. The molecule has 3 aromatic rings. The summed E-state index contributed by atoms with van der Waals surface area (Å²) in [5.41, 5.74) is 2.77. The van der Waals surface area contributed by atoms with E-state index in [9.17, 15) is 4.79 Å². The fourth-order valence-corrected chi connectivity index (χ4v) is 1.98. The second kappa shape index (κ2) is 4.07. The average molecular weight is 237 g/mol. The number of fused-ring (bicyclic) bond motifs is 1. The Morgan fingerprint density at radius 1 is 1.17 bits per heavy atom. The van der Waals surface area contributed by atoms with Crippen molar-refractivity contribution in [3.63, 3.8) is 0 Å². The highest BCUT2D eigenvalue weighted by Gasteiger charge is 2.16. The second-order valence-electron chi connectivity index (χ2n) is 4.05.